The lowest BCUT2D eigenvalue weighted by molar-refractivity contribution is 0.189. The largest absolute Gasteiger partial charge is 0.326 e. The summed E-state index contributed by atoms with van der Waals surface area (Å²) < 4.78 is 0. The van der Waals surface area contributed by atoms with Gasteiger partial charge in [-0.15, -0.1) is 0 Å². The van der Waals surface area contributed by atoms with E-state index in [4.69, 9.17) is 5.73 Å². The van der Waals surface area contributed by atoms with Crippen LogP contribution in [0.4, 0.5) is 0 Å². The van der Waals surface area contributed by atoms with Crippen LogP contribution >= 0.6 is 0 Å². The van der Waals surface area contributed by atoms with Gasteiger partial charge in [0.15, 0.2) is 0 Å². The van der Waals surface area contributed by atoms with Crippen molar-refractivity contribution in [1.82, 2.24) is 4.90 Å². The van der Waals surface area contributed by atoms with E-state index in [9.17, 15) is 0 Å². The molecule has 0 amide bonds. The first-order chi connectivity index (χ1) is 6.16. The highest BCUT2D eigenvalue weighted by Gasteiger charge is 2.35. The highest BCUT2D eigenvalue weighted by atomic mass is 15.2. The summed E-state index contributed by atoms with van der Waals surface area (Å²) in [4.78, 5) is 2.60. The van der Waals surface area contributed by atoms with Crippen LogP contribution in [0, 0.1) is 5.92 Å². The van der Waals surface area contributed by atoms with E-state index >= 15 is 0 Å². The molecule has 1 aliphatic carbocycles. The second-order valence-corrected chi connectivity index (χ2v) is 5.12. The molecule has 0 spiro atoms. The molecular formula is C11H22N2. The maximum absolute atomic E-state index is 6.01. The molecule has 2 rings (SSSR count). The first-order valence-corrected chi connectivity index (χ1v) is 5.68. The zero-order valence-electron chi connectivity index (χ0n) is 8.87. The van der Waals surface area contributed by atoms with Gasteiger partial charge in [0.1, 0.15) is 0 Å². The van der Waals surface area contributed by atoms with Gasteiger partial charge in [-0.25, -0.2) is 0 Å². The van der Waals surface area contributed by atoms with Crippen molar-refractivity contribution in [3.05, 3.63) is 0 Å². The Morgan fingerprint density at radius 2 is 2.08 bits per heavy atom. The highest BCUT2D eigenvalue weighted by molar-refractivity contribution is 4.92. The minimum Gasteiger partial charge on any atom is -0.326 e. The molecule has 2 atom stereocenters. The van der Waals surface area contributed by atoms with Crippen molar-refractivity contribution >= 4 is 0 Å². The van der Waals surface area contributed by atoms with Gasteiger partial charge in [0.05, 0.1) is 0 Å². The summed E-state index contributed by atoms with van der Waals surface area (Å²) in [5.74, 6) is 1.04. The van der Waals surface area contributed by atoms with Crippen LogP contribution in [-0.2, 0) is 0 Å². The fraction of sp³-hybridized carbons (Fsp3) is 1.00. The normalized spacial score (nSPS) is 36.0. The Morgan fingerprint density at radius 1 is 1.38 bits per heavy atom. The summed E-state index contributed by atoms with van der Waals surface area (Å²) >= 11 is 0. The smallest absolute Gasteiger partial charge is 0.0183 e. The summed E-state index contributed by atoms with van der Waals surface area (Å²) in [7, 11) is 0. The maximum Gasteiger partial charge on any atom is 0.0183 e. The van der Waals surface area contributed by atoms with E-state index in [0.717, 1.165) is 18.5 Å². The Hall–Kier alpha value is -0.0800. The summed E-state index contributed by atoms with van der Waals surface area (Å²) in [6.07, 6.45) is 5.58. The lowest BCUT2D eigenvalue weighted by Crippen LogP contribution is -2.36. The second-order valence-electron chi connectivity index (χ2n) is 5.12. The van der Waals surface area contributed by atoms with Crippen molar-refractivity contribution in [3.8, 4) is 0 Å². The molecular weight excluding hydrogens is 160 g/mol. The van der Waals surface area contributed by atoms with Gasteiger partial charge < -0.3 is 5.73 Å². The Bertz CT molecular complexity index is 175. The molecule has 1 saturated heterocycles. The molecule has 2 aliphatic rings. The predicted molar refractivity (Wildman–Crippen MR) is 55.6 cm³/mol. The van der Waals surface area contributed by atoms with Gasteiger partial charge >= 0.3 is 0 Å². The number of nitrogens with two attached hydrogens (primary N) is 1. The fourth-order valence-corrected chi connectivity index (χ4v) is 2.58. The minimum absolute atomic E-state index is 0.436. The van der Waals surface area contributed by atoms with Crippen molar-refractivity contribution in [1.29, 1.82) is 0 Å². The van der Waals surface area contributed by atoms with Crippen LogP contribution in [0.25, 0.3) is 0 Å². The topological polar surface area (TPSA) is 29.3 Å². The molecule has 1 aliphatic heterocycles. The molecule has 0 aromatic heterocycles. The molecule has 1 saturated carbocycles. The van der Waals surface area contributed by atoms with Crippen LogP contribution in [0.5, 0.6) is 0 Å². The average Bonchev–Trinajstić information content (AvgIpc) is 2.75. The van der Waals surface area contributed by atoms with E-state index < -0.39 is 0 Å². The number of hydrogen-bond acceptors (Lipinski definition) is 2. The van der Waals surface area contributed by atoms with E-state index in [2.05, 4.69) is 18.7 Å². The van der Waals surface area contributed by atoms with Crippen molar-refractivity contribution in [3.63, 3.8) is 0 Å². The minimum atomic E-state index is 0.436. The van der Waals surface area contributed by atoms with Crippen molar-refractivity contribution < 1.29 is 0 Å². The summed E-state index contributed by atoms with van der Waals surface area (Å²) in [6.45, 7) is 5.70. The van der Waals surface area contributed by atoms with Gasteiger partial charge in [0.2, 0.25) is 0 Å². The standard InChI is InChI=1S/C11H22N2/c1-8(2)13-7-10(12)6-11(13)5-9-3-4-9/h8-11H,3-7,12H2,1-2H3. The Balaban J connectivity index is 1.90. The number of rotatable bonds is 3. The molecule has 1 heterocycles. The van der Waals surface area contributed by atoms with E-state index in [-0.39, 0.29) is 0 Å². The predicted octanol–water partition coefficient (Wildman–Crippen LogP) is 1.60. The third-order valence-corrected chi connectivity index (χ3v) is 3.45. The summed E-state index contributed by atoms with van der Waals surface area (Å²) in [6, 6.07) is 1.91. The van der Waals surface area contributed by atoms with Crippen molar-refractivity contribution in [2.75, 3.05) is 6.54 Å². The average molecular weight is 182 g/mol. The molecule has 2 heteroatoms. The van der Waals surface area contributed by atoms with E-state index in [1.807, 2.05) is 0 Å². The maximum atomic E-state index is 6.01. The zero-order chi connectivity index (χ0) is 9.42. The zero-order valence-corrected chi connectivity index (χ0v) is 8.87. The van der Waals surface area contributed by atoms with Crippen LogP contribution in [0.1, 0.15) is 39.5 Å². The van der Waals surface area contributed by atoms with Gasteiger partial charge in [0.25, 0.3) is 0 Å². The Labute approximate surface area is 81.5 Å². The molecule has 2 fully saturated rings. The summed E-state index contributed by atoms with van der Waals surface area (Å²) in [5, 5.41) is 0. The van der Waals surface area contributed by atoms with Crippen LogP contribution < -0.4 is 5.73 Å². The second kappa shape index (κ2) is 3.58. The van der Waals surface area contributed by atoms with Gasteiger partial charge in [0, 0.05) is 24.7 Å². The number of hydrogen-bond donors (Lipinski definition) is 1. The summed E-state index contributed by atoms with van der Waals surface area (Å²) in [5.41, 5.74) is 6.01. The van der Waals surface area contributed by atoms with Gasteiger partial charge in [-0.05, 0) is 32.6 Å². The van der Waals surface area contributed by atoms with Gasteiger partial charge in [-0.2, -0.15) is 0 Å². The Kier molecular flexibility index (Phi) is 2.61. The lowest BCUT2D eigenvalue weighted by atomic mass is 10.1. The molecule has 2 nitrogen and oxygen atoms in total. The number of nitrogens with zero attached hydrogens (tertiary/aromatic N) is 1. The SMILES string of the molecule is CC(C)N1CC(N)CC1CC1CC1. The molecule has 76 valence electrons. The van der Waals surface area contributed by atoms with E-state index in [1.54, 1.807) is 0 Å². The molecule has 0 radical (unpaired) electrons. The molecule has 13 heavy (non-hydrogen) atoms. The fourth-order valence-electron chi connectivity index (χ4n) is 2.58. The molecule has 2 N–H and O–H groups in total. The van der Waals surface area contributed by atoms with Crippen molar-refractivity contribution in [2.45, 2.75) is 57.7 Å². The Morgan fingerprint density at radius 3 is 2.62 bits per heavy atom. The number of likely N-dealkylation sites (tertiary alicyclic amines) is 1. The van der Waals surface area contributed by atoms with E-state index in [1.165, 1.54) is 25.7 Å². The van der Waals surface area contributed by atoms with Crippen LogP contribution in [-0.4, -0.2) is 29.6 Å². The molecule has 0 bridgehead atoms. The molecule has 0 aromatic carbocycles. The van der Waals surface area contributed by atoms with Crippen LogP contribution in [0.2, 0.25) is 0 Å². The molecule has 0 aromatic rings. The molecule has 2 unspecified atom stereocenters. The first kappa shape index (κ1) is 9.47. The third kappa shape index (κ3) is 2.23. The van der Waals surface area contributed by atoms with Crippen molar-refractivity contribution in [2.24, 2.45) is 11.7 Å². The van der Waals surface area contributed by atoms with Gasteiger partial charge in [-0.1, -0.05) is 12.8 Å². The third-order valence-electron chi connectivity index (χ3n) is 3.45. The monoisotopic (exact) mass is 182 g/mol. The van der Waals surface area contributed by atoms with E-state index in [0.29, 0.717) is 12.1 Å². The van der Waals surface area contributed by atoms with Crippen LogP contribution in [0.15, 0.2) is 0 Å². The van der Waals surface area contributed by atoms with Crippen LogP contribution in [0.3, 0.4) is 0 Å². The first-order valence-electron chi connectivity index (χ1n) is 5.68. The lowest BCUT2D eigenvalue weighted by Gasteiger charge is -2.28. The van der Waals surface area contributed by atoms with Gasteiger partial charge in [-0.3, -0.25) is 4.90 Å². The highest BCUT2D eigenvalue weighted by Crippen LogP contribution is 2.37. The quantitative estimate of drug-likeness (QED) is 0.718.